The van der Waals surface area contributed by atoms with Crippen LogP contribution in [0, 0.1) is 0 Å². The van der Waals surface area contributed by atoms with Crippen LogP contribution in [0.15, 0.2) is 44.5 Å². The van der Waals surface area contributed by atoms with E-state index in [0.717, 1.165) is 0 Å². The van der Waals surface area contributed by atoms with Gasteiger partial charge in [0.25, 0.3) is 22.2 Å². The fourth-order valence-electron chi connectivity index (χ4n) is 9.91. The van der Waals surface area contributed by atoms with Crippen molar-refractivity contribution >= 4 is 83.1 Å². The van der Waals surface area contributed by atoms with E-state index in [-0.39, 0.29) is 131 Å². The van der Waals surface area contributed by atoms with Crippen molar-refractivity contribution in [3.8, 4) is 0 Å². The lowest BCUT2D eigenvalue weighted by molar-refractivity contribution is -0.122. The molecule has 0 unspecified atom stereocenters. The van der Waals surface area contributed by atoms with Crippen molar-refractivity contribution in [2.45, 2.75) is 146 Å². The molecule has 85 heavy (non-hydrogen) atoms. The molecule has 37 nitrogen and oxygen atoms in total. The number of carbonyl (C=O) groups excluding carboxylic acids is 1. The van der Waals surface area contributed by atoms with Crippen LogP contribution in [0.5, 0.6) is 0 Å². The number of nitrogens with two attached hydrogens (primary N) is 5. The van der Waals surface area contributed by atoms with E-state index < -0.39 is 74.2 Å². The Hall–Kier alpha value is -7.99. The Balaban J connectivity index is 0.000000161. The quantitative estimate of drug-likeness (QED) is 0.0221. The Kier molecular flexibility index (Phi) is 17.8. The minimum absolute atomic E-state index is 0. The molecule has 0 bridgehead atoms. The lowest BCUT2D eigenvalue weighted by Gasteiger charge is -2.37. The average molecular weight is 1210 g/mol. The van der Waals surface area contributed by atoms with E-state index in [1.807, 2.05) is 0 Å². The van der Waals surface area contributed by atoms with Gasteiger partial charge < -0.3 is 66.4 Å². The number of fused-ring (bicyclic) bond motifs is 4. The molecular weight excluding hydrogens is 1140 g/mol. The number of aliphatic hydroxyl groups is 3. The van der Waals surface area contributed by atoms with Crippen molar-refractivity contribution in [1.29, 1.82) is 0 Å². The van der Waals surface area contributed by atoms with Gasteiger partial charge in [0, 0.05) is 32.2 Å². The second kappa shape index (κ2) is 24.5. The summed E-state index contributed by atoms with van der Waals surface area (Å²) in [7, 11) is -1.90. The molecule has 4 fully saturated rings. The van der Waals surface area contributed by atoms with Crippen LogP contribution in [-0.2, 0) is 28.2 Å². The van der Waals surface area contributed by atoms with Gasteiger partial charge in [0.15, 0.2) is 59.3 Å². The first-order valence-electron chi connectivity index (χ1n) is 26.5. The van der Waals surface area contributed by atoms with Crippen molar-refractivity contribution in [2.75, 3.05) is 42.7 Å². The third-order valence-corrected chi connectivity index (χ3v) is 19.9. The van der Waals surface area contributed by atoms with E-state index in [2.05, 4.69) is 110 Å². The van der Waals surface area contributed by atoms with Gasteiger partial charge in [-0.2, -0.15) is 19.9 Å². The molecule has 460 valence electrons. The van der Waals surface area contributed by atoms with E-state index in [0.29, 0.717) is 31.4 Å². The van der Waals surface area contributed by atoms with E-state index in [9.17, 15) is 39.3 Å². The van der Waals surface area contributed by atoms with Crippen molar-refractivity contribution in [3.05, 3.63) is 66.7 Å². The molecule has 4 aliphatic heterocycles. The largest absolute Gasteiger partial charge is 0.414 e. The number of hydrazine groups is 2. The van der Waals surface area contributed by atoms with Gasteiger partial charge in [-0.1, -0.05) is 28.2 Å². The van der Waals surface area contributed by atoms with Gasteiger partial charge in [-0.3, -0.25) is 79.5 Å². The van der Waals surface area contributed by atoms with Crippen LogP contribution < -0.4 is 67.3 Å². The summed E-state index contributed by atoms with van der Waals surface area (Å²) >= 11 is 0. The SMILES string of the molecule is C.CC(C)(C)[Si](C)(C)OC[C@H]1O[C@@H](n2cnc3c(=O)[nH]c(N)nc32)C[C@@H]1NN.Nc1nc2c(ncn2[C@H]2C[C@H](NNC[C@H]3O[C@@H](n4cnc5c(=O)[nH]c(N)nc54)C[C@@H]3O)[C@@H](CO)O2)c(=O)[nH]1.Nc1nc2c(ncn2[C@H]2C[C@H](O)[C@@H](C=O)O2)c(=O)[nH]1. The zero-order valence-electron chi connectivity index (χ0n) is 45.9. The molecule has 0 saturated carbocycles. The minimum atomic E-state index is -1.90. The molecule has 0 amide bonds. The number of anilines is 4. The number of ether oxygens (including phenoxy) is 4. The summed E-state index contributed by atoms with van der Waals surface area (Å²) in [5.74, 6) is 5.65. The molecule has 0 aromatic carbocycles. The standard InChI is InChI=1S/C20H26N12O6.C16H29N7O3Si.C10H11N5O4.CH4/c21-19-26-15-13(17(35)28-19)23-5-31(15)11-1-7(10(4-33)38-11)30-25-3-9-8(34)2-12(37-9)32-6-24-14-16(32)27-20(22)29-18(14)36;1-16(2,3)27(4,5)25-7-10-9(22-18)6-11(26-10)23-8-19-12-13(23)20-15(17)21-14(12)24;11-10-13-8-7(9(18)14-10)12-3-15(8)6-1-4(17)5(2-16)19-6;/h5-12,25,30,33-34H,1-4H2,(H3,21,26,28,35)(H3,22,27,29,36);8-11,22H,6-7,18H2,1-5H3,(H3,17,20,21,24);2-6,17H,1H2,(H3,11,13,14,18);1H4/t7-,8-,9+,10+,11+,12+;9-,10+,11+;4-,5+,6+;/m000./s1. The number of hydrogen-bond donors (Lipinski definition) is 15. The maximum absolute atomic E-state index is 12.1. The number of aromatic nitrogens is 16. The van der Waals surface area contributed by atoms with Crippen LogP contribution in [0.3, 0.4) is 0 Å². The molecule has 38 heteroatoms. The summed E-state index contributed by atoms with van der Waals surface area (Å²) in [4.78, 5) is 101. The Morgan fingerprint density at radius 2 is 1.00 bits per heavy atom. The topological polar surface area (TPSA) is 544 Å². The smallest absolute Gasteiger partial charge is 0.280 e. The van der Waals surface area contributed by atoms with Gasteiger partial charge in [-0.15, -0.1) is 0 Å². The number of nitrogens with one attached hydrogen (secondary N) is 7. The minimum Gasteiger partial charge on any atom is -0.414 e. The summed E-state index contributed by atoms with van der Waals surface area (Å²) in [6.07, 6.45) is 1.72. The molecule has 4 saturated heterocycles. The van der Waals surface area contributed by atoms with Crippen molar-refractivity contribution < 1.29 is 43.5 Å². The van der Waals surface area contributed by atoms with Gasteiger partial charge in [0.05, 0.1) is 81.1 Å². The number of hydrogen-bond acceptors (Lipinski definition) is 29. The van der Waals surface area contributed by atoms with Crippen LogP contribution in [0.1, 0.15) is 78.8 Å². The second-order valence-corrected chi connectivity index (χ2v) is 26.7. The summed E-state index contributed by atoms with van der Waals surface area (Å²) < 4.78 is 36.2. The van der Waals surface area contributed by atoms with Gasteiger partial charge in [-0.05, 0) is 18.1 Å². The molecule has 12 atom stereocenters. The molecule has 0 spiro atoms. The zero-order valence-corrected chi connectivity index (χ0v) is 46.9. The molecule has 12 heterocycles. The van der Waals surface area contributed by atoms with Gasteiger partial charge >= 0.3 is 0 Å². The monoisotopic (exact) mass is 1210 g/mol. The first-order chi connectivity index (χ1) is 39.9. The highest BCUT2D eigenvalue weighted by molar-refractivity contribution is 6.74. The summed E-state index contributed by atoms with van der Waals surface area (Å²) in [6, 6.07) is -0.413. The number of H-pyrrole nitrogens is 4. The third kappa shape index (κ3) is 12.4. The molecular formula is C47H70N24O13Si. The van der Waals surface area contributed by atoms with E-state index in [1.54, 1.807) is 20.0 Å². The number of aliphatic hydroxyl groups excluding tert-OH is 3. The molecule has 20 N–H and O–H groups in total. The molecule has 4 aliphatic rings. The zero-order chi connectivity index (χ0) is 60.1. The number of aromatic amines is 4. The Bertz CT molecular complexity index is 3930. The lowest BCUT2D eigenvalue weighted by atomic mass is 10.1. The Morgan fingerprint density at radius 3 is 1.39 bits per heavy atom. The summed E-state index contributed by atoms with van der Waals surface area (Å²) in [5, 5.41) is 30.2. The van der Waals surface area contributed by atoms with Crippen LogP contribution in [-0.4, -0.2) is 176 Å². The fourth-order valence-corrected chi connectivity index (χ4v) is 10.9. The normalized spacial score (nSPS) is 26.0. The van der Waals surface area contributed by atoms with Gasteiger partial charge in [0.1, 0.15) is 31.0 Å². The average Bonchev–Trinajstić information content (AvgIpc) is 2.45. The predicted molar refractivity (Wildman–Crippen MR) is 305 cm³/mol. The van der Waals surface area contributed by atoms with E-state index >= 15 is 0 Å². The number of carbonyl (C=O) groups is 1. The number of nitrogens with zero attached hydrogens (tertiary/aromatic N) is 12. The molecule has 8 aromatic heterocycles. The van der Waals surface area contributed by atoms with Crippen LogP contribution in [0.25, 0.3) is 44.7 Å². The lowest BCUT2D eigenvalue weighted by Crippen LogP contribution is -2.49. The first kappa shape index (κ1) is 61.6. The number of aldehydes is 1. The first-order valence-corrected chi connectivity index (χ1v) is 29.4. The summed E-state index contributed by atoms with van der Waals surface area (Å²) in [5.41, 5.74) is 31.5. The fraction of sp³-hybridized carbons (Fsp3) is 0.553. The predicted octanol–water partition coefficient (Wildman–Crippen LogP) is -3.16. The Labute approximate surface area is 480 Å². The Morgan fingerprint density at radius 1 is 0.624 bits per heavy atom. The maximum atomic E-state index is 12.1. The molecule has 8 aromatic rings. The molecule has 0 radical (unpaired) electrons. The van der Waals surface area contributed by atoms with Crippen molar-refractivity contribution in [3.63, 3.8) is 0 Å². The van der Waals surface area contributed by atoms with Crippen LogP contribution in [0.2, 0.25) is 18.1 Å². The highest BCUT2D eigenvalue weighted by Gasteiger charge is 2.43. The van der Waals surface area contributed by atoms with Crippen molar-refractivity contribution in [1.82, 2.24) is 94.4 Å². The summed E-state index contributed by atoms with van der Waals surface area (Å²) in [6.45, 7) is 11.4. The van der Waals surface area contributed by atoms with Gasteiger partial charge in [0.2, 0.25) is 23.8 Å². The number of rotatable bonds is 14. The van der Waals surface area contributed by atoms with Crippen LogP contribution in [0.4, 0.5) is 23.8 Å². The molecule has 0 aliphatic carbocycles. The highest BCUT2D eigenvalue weighted by Crippen LogP contribution is 2.39. The number of imidazole rings is 4. The van der Waals surface area contributed by atoms with Crippen LogP contribution >= 0.6 is 0 Å². The van der Waals surface area contributed by atoms with E-state index in [1.165, 1.54) is 23.5 Å². The third-order valence-electron chi connectivity index (χ3n) is 15.4. The van der Waals surface area contributed by atoms with E-state index in [4.69, 9.17) is 52.2 Å². The highest BCUT2D eigenvalue weighted by atomic mass is 28.4. The van der Waals surface area contributed by atoms with Gasteiger partial charge in [-0.25, -0.2) is 19.9 Å². The maximum Gasteiger partial charge on any atom is 0.280 e. The molecule has 12 rings (SSSR count). The van der Waals surface area contributed by atoms with Crippen molar-refractivity contribution in [2.24, 2.45) is 5.84 Å². The second-order valence-electron chi connectivity index (χ2n) is 21.9. The number of nitrogen functional groups attached to an aromatic ring is 4.